The molecule has 0 saturated heterocycles. The van der Waals surface area contributed by atoms with E-state index in [4.69, 9.17) is 0 Å². The highest BCUT2D eigenvalue weighted by Gasteiger charge is 2.58. The molecule has 39 heavy (non-hydrogen) atoms. The number of unbranched alkanes of at least 4 members (excludes halogenated alkanes) is 1. The number of rotatable bonds is 7. The van der Waals surface area contributed by atoms with E-state index in [9.17, 15) is 0 Å². The second kappa shape index (κ2) is 13.9. The van der Waals surface area contributed by atoms with Crippen LogP contribution in [0.3, 0.4) is 0 Å². The zero-order chi connectivity index (χ0) is 28.0. The third kappa shape index (κ3) is 7.17. The molecule has 5 aliphatic carbocycles. The summed E-state index contributed by atoms with van der Waals surface area (Å²) in [5, 5.41) is 0. The zero-order valence-electron chi connectivity index (χ0n) is 27.4. The summed E-state index contributed by atoms with van der Waals surface area (Å²) < 4.78 is 0. The maximum absolute atomic E-state index is 2.76. The van der Waals surface area contributed by atoms with E-state index in [2.05, 4.69) is 58.9 Å². The molecule has 1 aromatic rings. The molecule has 0 nitrogen and oxygen atoms in total. The van der Waals surface area contributed by atoms with Gasteiger partial charge in [-0.1, -0.05) is 110 Å². The lowest BCUT2D eigenvalue weighted by Gasteiger charge is -2.58. The van der Waals surface area contributed by atoms with Crippen LogP contribution in [0.15, 0.2) is 24.3 Å². The van der Waals surface area contributed by atoms with Gasteiger partial charge in [0.2, 0.25) is 0 Å². The molecule has 5 fully saturated rings. The highest BCUT2D eigenvalue weighted by Crippen LogP contribution is 2.66. The first-order chi connectivity index (χ1) is 18.9. The Hall–Kier alpha value is -0.780. The molecule has 5 aliphatic rings. The van der Waals surface area contributed by atoms with E-state index < -0.39 is 0 Å². The van der Waals surface area contributed by atoms with Crippen molar-refractivity contribution >= 4 is 0 Å². The third-order valence-electron chi connectivity index (χ3n) is 12.6. The zero-order valence-corrected chi connectivity index (χ0v) is 27.4. The summed E-state index contributed by atoms with van der Waals surface area (Å²) in [4.78, 5) is 0. The Labute approximate surface area is 244 Å². The molecule has 0 bridgehead atoms. The smallest absolute Gasteiger partial charge is 0.0248 e. The average molecular weight is 535 g/mol. The summed E-state index contributed by atoms with van der Waals surface area (Å²) in [5.74, 6) is 7.11. The summed E-state index contributed by atoms with van der Waals surface area (Å²) in [6, 6.07) is 9.37. The molecule has 0 heteroatoms. The summed E-state index contributed by atoms with van der Waals surface area (Å²) >= 11 is 0. The molecule has 0 spiro atoms. The molecule has 5 saturated carbocycles. The lowest BCUT2D eigenvalue weighted by Crippen LogP contribution is -2.50. The van der Waals surface area contributed by atoms with Gasteiger partial charge in [0.15, 0.2) is 0 Å². The highest BCUT2D eigenvalue weighted by molar-refractivity contribution is 5.23. The Morgan fingerprint density at radius 3 is 2.26 bits per heavy atom. The number of aryl methyl sites for hydroxylation is 1. The van der Waals surface area contributed by atoms with Gasteiger partial charge in [-0.2, -0.15) is 0 Å². The first-order valence-electron chi connectivity index (χ1n) is 17.9. The van der Waals surface area contributed by atoms with E-state index in [1.165, 1.54) is 82.6 Å². The van der Waals surface area contributed by atoms with Crippen molar-refractivity contribution in [2.45, 2.75) is 158 Å². The fourth-order valence-electron chi connectivity index (χ4n) is 10.5. The maximum Gasteiger partial charge on any atom is -0.0248 e. The normalized spacial score (nSPS) is 39.1. The second-order valence-electron chi connectivity index (χ2n) is 15.2. The van der Waals surface area contributed by atoms with Gasteiger partial charge in [-0.3, -0.25) is 0 Å². The van der Waals surface area contributed by atoms with Crippen molar-refractivity contribution < 1.29 is 0 Å². The lowest BCUT2D eigenvalue weighted by molar-refractivity contribution is -0.0845. The minimum absolute atomic E-state index is 0.614. The number of fused-ring (bicyclic) bond motifs is 5. The van der Waals surface area contributed by atoms with E-state index in [0.717, 1.165) is 41.4 Å². The number of benzene rings is 1. The van der Waals surface area contributed by atoms with E-state index in [1.54, 1.807) is 37.7 Å². The predicted molar refractivity (Wildman–Crippen MR) is 172 cm³/mol. The van der Waals surface area contributed by atoms with Crippen LogP contribution in [0.4, 0.5) is 0 Å². The quantitative estimate of drug-likeness (QED) is 0.326. The fraction of sp³-hybridized carbons (Fsp3) is 0.846. The van der Waals surface area contributed by atoms with Crippen molar-refractivity contribution in [2.75, 3.05) is 0 Å². The monoisotopic (exact) mass is 535 g/mol. The standard InChI is InChI=1S/C34H54.C3H6.C2H6/c1-6-8-18-33(4)19-16-28-27(23-33)12-13-30-29(28)17-20-34(5)31(14-15-32(30)34)26(7-2)22-25-11-9-10-24(3)21-25;1-2-3-1;1-2/h9-11,21,26-32H,6-8,12-20,22-23H2,1-5H3;1-3H2;1-2H3/t26?,27?,28?,29-,30-,31?,32+,33?,34?;;/m1../s1. The molecule has 9 atom stereocenters. The van der Waals surface area contributed by atoms with E-state index in [-0.39, 0.29) is 0 Å². The minimum Gasteiger partial charge on any atom is -0.0683 e. The van der Waals surface area contributed by atoms with Crippen LogP contribution < -0.4 is 0 Å². The van der Waals surface area contributed by atoms with Crippen LogP contribution in [0, 0.1) is 59.2 Å². The highest BCUT2D eigenvalue weighted by atomic mass is 14.6. The summed E-state index contributed by atoms with van der Waals surface area (Å²) in [5.41, 5.74) is 4.29. The van der Waals surface area contributed by atoms with Gasteiger partial charge in [-0.15, -0.1) is 0 Å². The van der Waals surface area contributed by atoms with Crippen molar-refractivity contribution in [1.29, 1.82) is 0 Å². The number of hydrogen-bond acceptors (Lipinski definition) is 0. The van der Waals surface area contributed by atoms with Crippen LogP contribution in [0.2, 0.25) is 0 Å². The molecule has 1 aromatic carbocycles. The van der Waals surface area contributed by atoms with E-state index >= 15 is 0 Å². The van der Waals surface area contributed by atoms with Crippen LogP contribution in [0.25, 0.3) is 0 Å². The van der Waals surface area contributed by atoms with Gasteiger partial charge in [0.05, 0.1) is 0 Å². The molecular weight excluding hydrogens is 468 g/mol. The Morgan fingerprint density at radius 1 is 0.846 bits per heavy atom. The second-order valence-corrected chi connectivity index (χ2v) is 15.2. The summed E-state index contributed by atoms with van der Waals surface area (Å²) in [6.07, 6.45) is 25.4. The maximum atomic E-state index is 2.76. The van der Waals surface area contributed by atoms with Crippen LogP contribution in [-0.4, -0.2) is 0 Å². The van der Waals surface area contributed by atoms with Crippen molar-refractivity contribution in [2.24, 2.45) is 52.3 Å². The molecule has 0 heterocycles. The first-order valence-corrected chi connectivity index (χ1v) is 17.9. The molecule has 0 N–H and O–H groups in total. The average Bonchev–Trinajstić information content (AvgIpc) is 3.79. The van der Waals surface area contributed by atoms with Crippen LogP contribution in [0.5, 0.6) is 0 Å². The Bertz CT molecular complexity index is 864. The summed E-state index contributed by atoms with van der Waals surface area (Å²) in [7, 11) is 0. The van der Waals surface area contributed by atoms with Gasteiger partial charge in [-0.05, 0) is 135 Å². The molecule has 6 unspecified atom stereocenters. The number of hydrogen-bond donors (Lipinski definition) is 0. The van der Waals surface area contributed by atoms with Crippen LogP contribution in [-0.2, 0) is 6.42 Å². The van der Waals surface area contributed by atoms with Crippen molar-refractivity contribution in [3.8, 4) is 0 Å². The van der Waals surface area contributed by atoms with Crippen LogP contribution in [0.1, 0.15) is 155 Å². The molecule has 0 aromatic heterocycles. The van der Waals surface area contributed by atoms with Crippen molar-refractivity contribution in [1.82, 2.24) is 0 Å². The first kappa shape index (κ1) is 31.2. The van der Waals surface area contributed by atoms with Gasteiger partial charge >= 0.3 is 0 Å². The Kier molecular flexibility index (Phi) is 11.1. The lowest BCUT2D eigenvalue weighted by atomic mass is 9.47. The molecule has 0 aliphatic heterocycles. The van der Waals surface area contributed by atoms with E-state index in [0.29, 0.717) is 10.8 Å². The van der Waals surface area contributed by atoms with Gasteiger partial charge in [0, 0.05) is 0 Å². The van der Waals surface area contributed by atoms with Gasteiger partial charge < -0.3 is 0 Å². The van der Waals surface area contributed by atoms with Gasteiger partial charge in [-0.25, -0.2) is 0 Å². The third-order valence-corrected chi connectivity index (χ3v) is 12.6. The largest absolute Gasteiger partial charge is 0.0683 e. The minimum atomic E-state index is 0.614. The molecule has 6 rings (SSSR count). The molecule has 0 amide bonds. The molecular formula is C39H66. The van der Waals surface area contributed by atoms with Crippen molar-refractivity contribution in [3.63, 3.8) is 0 Å². The summed E-state index contributed by atoms with van der Waals surface area (Å²) in [6.45, 7) is 16.5. The van der Waals surface area contributed by atoms with Gasteiger partial charge in [0.1, 0.15) is 0 Å². The Balaban J connectivity index is 0.000000648. The predicted octanol–water partition coefficient (Wildman–Crippen LogP) is 12.2. The van der Waals surface area contributed by atoms with Crippen LogP contribution >= 0.6 is 0 Å². The Morgan fingerprint density at radius 2 is 1.59 bits per heavy atom. The van der Waals surface area contributed by atoms with E-state index in [1.807, 2.05) is 13.8 Å². The SMILES string of the molecule is C1CC1.CC.CCCCC1(C)CCC2C(CC[C@@H]3[C@@H]2CCC2(C)C(C(CC)Cc4cccc(C)c4)CC[C@@H]32)C1. The van der Waals surface area contributed by atoms with Crippen molar-refractivity contribution in [3.05, 3.63) is 35.4 Å². The topological polar surface area (TPSA) is 0 Å². The van der Waals surface area contributed by atoms with Gasteiger partial charge in [0.25, 0.3) is 0 Å². The molecule has 0 radical (unpaired) electrons. The molecule has 222 valence electrons. The fourth-order valence-corrected chi connectivity index (χ4v) is 10.5.